The van der Waals surface area contributed by atoms with E-state index < -0.39 is 39.5 Å². The number of rotatable bonds is 1. The van der Waals surface area contributed by atoms with Crippen LogP contribution in [0.1, 0.15) is 53.9 Å². The van der Waals surface area contributed by atoms with Crippen molar-refractivity contribution in [2.45, 2.75) is 71.9 Å². The number of fused-ring (bicyclic) bond motifs is 3. The summed E-state index contributed by atoms with van der Waals surface area (Å²) in [6.07, 6.45) is 7.65. The van der Waals surface area contributed by atoms with Crippen molar-refractivity contribution in [3.8, 4) is 0 Å². The largest absolute Gasteiger partial charge is 0.429 e. The van der Waals surface area contributed by atoms with Crippen LogP contribution in [0.4, 0.5) is 0 Å². The number of Topliss-reactive ketones (excluding diaryl/α,β-unsaturated/α-hetero) is 1. The Bertz CT molecular complexity index is 1100. The maximum atomic E-state index is 14.0. The van der Waals surface area contributed by atoms with Crippen molar-refractivity contribution >= 4 is 17.5 Å². The topological polar surface area (TPSA) is 93.2 Å². The number of carbonyl (C=O) groups is 3. The van der Waals surface area contributed by atoms with Gasteiger partial charge >= 0.3 is 5.97 Å². The van der Waals surface area contributed by atoms with Crippen molar-refractivity contribution in [1.82, 2.24) is 0 Å². The highest BCUT2D eigenvalue weighted by molar-refractivity contribution is 5.99. The van der Waals surface area contributed by atoms with Crippen LogP contribution in [-0.2, 0) is 23.9 Å². The molecule has 0 unspecified atom stereocenters. The van der Waals surface area contributed by atoms with Gasteiger partial charge in [-0.15, -0.1) is 0 Å². The fraction of sp³-hybridized carbons (Fsp3) is 0.654. The van der Waals surface area contributed by atoms with Crippen LogP contribution < -0.4 is 0 Å². The first-order chi connectivity index (χ1) is 14.8. The highest BCUT2D eigenvalue weighted by Gasteiger charge is 2.85. The number of carbonyl (C=O) groups excluding carboxylic acids is 3. The molecule has 3 fully saturated rings. The van der Waals surface area contributed by atoms with Gasteiger partial charge in [-0.05, 0) is 43.3 Å². The molecule has 1 spiro atoms. The first-order valence-electron chi connectivity index (χ1n) is 11.6. The van der Waals surface area contributed by atoms with E-state index >= 15 is 0 Å². The minimum absolute atomic E-state index is 0.0732. The summed E-state index contributed by atoms with van der Waals surface area (Å²) in [4.78, 5) is 38.5. The zero-order valence-corrected chi connectivity index (χ0v) is 19.2. The third-order valence-corrected chi connectivity index (χ3v) is 10.3. The first kappa shape index (κ1) is 20.5. The van der Waals surface area contributed by atoms with E-state index in [1.54, 1.807) is 6.08 Å². The molecule has 1 N–H and O–H groups in total. The number of allylic oxidation sites excluding steroid dienone is 3. The number of epoxide rings is 1. The summed E-state index contributed by atoms with van der Waals surface area (Å²) in [5, 5.41) is 10.4. The quantitative estimate of drug-likeness (QED) is 0.384. The number of hydrogen-bond donors (Lipinski definition) is 1. The van der Waals surface area contributed by atoms with Gasteiger partial charge in [0.25, 0.3) is 0 Å². The lowest BCUT2D eigenvalue weighted by Gasteiger charge is -2.61. The molecule has 6 heteroatoms. The SMILES string of the molecule is CC1(C)C(=O)C=C[C@]2(C)C3=CC[C@@]4(C)[C@H](C5=CC(=O)O[C@@H]5O)C[C@H]5O[C@]54[C@]3(C)C(=O)C[C@@H]12. The zero-order chi connectivity index (χ0) is 23.1. The van der Waals surface area contributed by atoms with Crippen LogP contribution in [0.3, 0.4) is 0 Å². The van der Waals surface area contributed by atoms with Gasteiger partial charge < -0.3 is 14.6 Å². The van der Waals surface area contributed by atoms with Gasteiger partial charge in [0, 0.05) is 34.3 Å². The summed E-state index contributed by atoms with van der Waals surface area (Å²) in [5.41, 5.74) is -1.29. The van der Waals surface area contributed by atoms with Crippen LogP contribution in [0.5, 0.6) is 0 Å². The molecule has 4 aliphatic carbocycles. The van der Waals surface area contributed by atoms with Gasteiger partial charge in [0.15, 0.2) is 5.78 Å². The number of ether oxygens (including phenoxy) is 2. The van der Waals surface area contributed by atoms with Crippen molar-refractivity contribution in [2.75, 3.05) is 0 Å². The van der Waals surface area contributed by atoms with Crippen LogP contribution in [0.15, 0.2) is 35.5 Å². The second kappa shape index (κ2) is 5.53. The lowest BCUT2D eigenvalue weighted by Crippen LogP contribution is -2.64. The molecule has 0 amide bonds. The molecule has 6 aliphatic rings. The van der Waals surface area contributed by atoms with E-state index in [-0.39, 0.29) is 29.5 Å². The Balaban J connectivity index is 1.52. The molecule has 32 heavy (non-hydrogen) atoms. The van der Waals surface area contributed by atoms with Crippen molar-refractivity contribution in [1.29, 1.82) is 0 Å². The molecule has 0 radical (unpaired) electrons. The third kappa shape index (κ3) is 1.92. The lowest BCUT2D eigenvalue weighted by molar-refractivity contribution is -0.153. The second-order valence-electron chi connectivity index (χ2n) is 11.8. The van der Waals surface area contributed by atoms with E-state index in [1.165, 1.54) is 6.08 Å². The van der Waals surface area contributed by atoms with Crippen LogP contribution in [-0.4, -0.2) is 40.6 Å². The van der Waals surface area contributed by atoms with E-state index in [1.807, 2.05) is 26.8 Å². The van der Waals surface area contributed by atoms with Crippen LogP contribution in [0.2, 0.25) is 0 Å². The van der Waals surface area contributed by atoms with Gasteiger partial charge in [0.05, 0.1) is 11.5 Å². The Morgan fingerprint density at radius 3 is 2.47 bits per heavy atom. The average Bonchev–Trinajstić information content (AvgIpc) is 3.27. The Hall–Kier alpha value is -2.05. The summed E-state index contributed by atoms with van der Waals surface area (Å²) in [6.45, 7) is 10.2. The van der Waals surface area contributed by atoms with Gasteiger partial charge in [0.1, 0.15) is 11.4 Å². The minimum atomic E-state index is -1.23. The summed E-state index contributed by atoms with van der Waals surface area (Å²) in [5.74, 6) is -0.516. The number of aliphatic hydroxyl groups is 1. The molecule has 1 saturated heterocycles. The highest BCUT2D eigenvalue weighted by atomic mass is 16.6. The van der Waals surface area contributed by atoms with Crippen molar-refractivity contribution < 1.29 is 29.0 Å². The lowest BCUT2D eigenvalue weighted by atomic mass is 9.40. The molecule has 2 heterocycles. The molecular weight excluding hydrogens is 408 g/mol. The molecule has 0 aromatic rings. The molecule has 170 valence electrons. The molecule has 6 rings (SSSR count). The number of hydrogen-bond acceptors (Lipinski definition) is 6. The number of ketones is 2. The predicted molar refractivity (Wildman–Crippen MR) is 114 cm³/mol. The minimum Gasteiger partial charge on any atom is -0.429 e. The van der Waals surface area contributed by atoms with Crippen molar-refractivity contribution in [3.05, 3.63) is 35.5 Å². The van der Waals surface area contributed by atoms with Crippen molar-refractivity contribution in [2.24, 2.45) is 33.5 Å². The average molecular weight is 439 g/mol. The normalized spacial score (nSPS) is 52.4. The first-order valence-corrected chi connectivity index (χ1v) is 11.6. The van der Waals surface area contributed by atoms with E-state index in [9.17, 15) is 19.5 Å². The summed E-state index contributed by atoms with van der Waals surface area (Å²) >= 11 is 0. The zero-order valence-electron chi connectivity index (χ0n) is 19.2. The number of esters is 1. The molecular formula is C26H30O6. The fourth-order valence-corrected chi connectivity index (χ4v) is 8.61. The third-order valence-electron chi connectivity index (χ3n) is 10.3. The molecule has 8 atom stereocenters. The second-order valence-corrected chi connectivity index (χ2v) is 11.8. The molecule has 6 nitrogen and oxygen atoms in total. The predicted octanol–water partition coefficient (Wildman–Crippen LogP) is 3.05. The maximum absolute atomic E-state index is 14.0. The van der Waals surface area contributed by atoms with E-state index in [4.69, 9.17) is 9.47 Å². The summed E-state index contributed by atoms with van der Waals surface area (Å²) in [7, 11) is 0. The van der Waals surface area contributed by atoms with Crippen LogP contribution >= 0.6 is 0 Å². The van der Waals surface area contributed by atoms with Crippen LogP contribution in [0, 0.1) is 33.5 Å². The van der Waals surface area contributed by atoms with Gasteiger partial charge in [-0.3, -0.25) is 9.59 Å². The van der Waals surface area contributed by atoms with E-state index in [2.05, 4.69) is 19.9 Å². The van der Waals surface area contributed by atoms with Gasteiger partial charge in [-0.1, -0.05) is 39.8 Å². The van der Waals surface area contributed by atoms with Gasteiger partial charge in [0.2, 0.25) is 6.29 Å². The summed E-state index contributed by atoms with van der Waals surface area (Å²) < 4.78 is 11.4. The maximum Gasteiger partial charge on any atom is 0.333 e. The van der Waals surface area contributed by atoms with Crippen molar-refractivity contribution in [3.63, 3.8) is 0 Å². The molecule has 0 aromatic heterocycles. The number of aliphatic hydroxyl groups excluding tert-OH is 1. The monoisotopic (exact) mass is 438 g/mol. The smallest absolute Gasteiger partial charge is 0.333 e. The fourth-order valence-electron chi connectivity index (χ4n) is 8.61. The molecule has 0 bridgehead atoms. The molecule has 2 saturated carbocycles. The highest BCUT2D eigenvalue weighted by Crippen LogP contribution is 2.79. The Labute approximate surface area is 187 Å². The van der Waals surface area contributed by atoms with Gasteiger partial charge in [-0.2, -0.15) is 0 Å². The van der Waals surface area contributed by atoms with Crippen LogP contribution in [0.25, 0.3) is 0 Å². The molecule has 0 aromatic carbocycles. The number of cyclic esters (lactones) is 1. The van der Waals surface area contributed by atoms with E-state index in [0.29, 0.717) is 24.8 Å². The Kier molecular flexibility index (Phi) is 3.55. The standard InChI is InChI=1S/C26H30O6/c1-22(2)16-12-18(28)25(5)15(23(16,3)8-7-17(22)27)6-9-24(4)14(11-19-26(24,25)32-19)13-10-20(29)31-21(13)30/h6-8,10,14,16,19,21,30H,9,11-12H2,1-5H3/t14-,16-,19+,21-,23+,24-,25-,26+/m0/s1. The Morgan fingerprint density at radius 1 is 1.09 bits per heavy atom. The molecule has 2 aliphatic heterocycles. The van der Waals surface area contributed by atoms with Gasteiger partial charge in [-0.25, -0.2) is 4.79 Å². The Morgan fingerprint density at radius 2 is 1.81 bits per heavy atom. The summed E-state index contributed by atoms with van der Waals surface area (Å²) in [6, 6.07) is 0. The van der Waals surface area contributed by atoms with E-state index in [0.717, 1.165) is 5.57 Å².